The molecule has 0 saturated carbocycles. The number of nitrogens with one attached hydrogen (secondary N) is 4. The van der Waals surface area contributed by atoms with Gasteiger partial charge in [-0.1, -0.05) is 20.3 Å². The number of carbonyl (C=O) groups excluding carboxylic acids is 4. The standard InChI is InChI=1S/C21H35N7O6S/c1-4-11(2)17(20(32)27-15(21(33)34)8-16(23)29)28-19(31)14(5-6-35-3)26-18(30)13(22)7-12-9-24-10-25-12/h9-11,13-15,17H,4-8,22H2,1-3H3,(H2,23,29)(H,24,25)(H,26,30)(H,27,32)(H,28,31)(H,33,34). The van der Waals surface area contributed by atoms with E-state index in [9.17, 15) is 29.1 Å². The Balaban J connectivity index is 2.95. The number of nitrogens with two attached hydrogens (primary N) is 2. The molecule has 1 aromatic heterocycles. The summed E-state index contributed by atoms with van der Waals surface area (Å²) in [5, 5.41) is 16.8. The molecule has 0 aliphatic carbocycles. The Labute approximate surface area is 207 Å². The number of thioether (sulfide) groups is 1. The van der Waals surface area contributed by atoms with Crippen LogP contribution >= 0.6 is 11.8 Å². The van der Waals surface area contributed by atoms with Crippen molar-refractivity contribution in [3.8, 4) is 0 Å². The lowest BCUT2D eigenvalue weighted by molar-refractivity contribution is -0.144. The fraction of sp³-hybridized carbons (Fsp3) is 0.619. The molecule has 0 radical (unpaired) electrons. The molecule has 35 heavy (non-hydrogen) atoms. The highest BCUT2D eigenvalue weighted by molar-refractivity contribution is 7.98. The van der Waals surface area contributed by atoms with E-state index in [1.807, 2.05) is 6.26 Å². The van der Waals surface area contributed by atoms with Gasteiger partial charge in [0.2, 0.25) is 23.6 Å². The van der Waals surface area contributed by atoms with Gasteiger partial charge in [-0.25, -0.2) is 9.78 Å². The minimum Gasteiger partial charge on any atom is -0.480 e. The van der Waals surface area contributed by atoms with Gasteiger partial charge in [-0.05, 0) is 24.3 Å². The largest absolute Gasteiger partial charge is 0.480 e. The van der Waals surface area contributed by atoms with Crippen molar-refractivity contribution in [2.45, 2.75) is 63.7 Å². The van der Waals surface area contributed by atoms with Crippen molar-refractivity contribution in [3.05, 3.63) is 18.2 Å². The molecular formula is C21H35N7O6S. The first-order chi connectivity index (χ1) is 16.5. The highest BCUT2D eigenvalue weighted by Gasteiger charge is 2.33. The molecule has 0 aliphatic heterocycles. The minimum atomic E-state index is -1.53. The van der Waals surface area contributed by atoms with Crippen LogP contribution in [0.1, 0.15) is 38.8 Å². The zero-order valence-corrected chi connectivity index (χ0v) is 20.9. The Hall–Kier alpha value is -3.13. The topological polar surface area (TPSA) is 222 Å². The molecule has 0 spiro atoms. The average molecular weight is 514 g/mol. The van der Waals surface area contributed by atoms with E-state index in [4.69, 9.17) is 11.5 Å². The highest BCUT2D eigenvalue weighted by atomic mass is 32.2. The Morgan fingerprint density at radius 1 is 1.11 bits per heavy atom. The molecule has 196 valence electrons. The number of primary amides is 1. The predicted molar refractivity (Wildman–Crippen MR) is 130 cm³/mol. The summed E-state index contributed by atoms with van der Waals surface area (Å²) >= 11 is 1.48. The lowest BCUT2D eigenvalue weighted by Crippen LogP contribution is -2.59. The lowest BCUT2D eigenvalue weighted by Gasteiger charge is -2.28. The van der Waals surface area contributed by atoms with E-state index in [-0.39, 0.29) is 18.8 Å². The first-order valence-corrected chi connectivity index (χ1v) is 12.5. The highest BCUT2D eigenvalue weighted by Crippen LogP contribution is 2.11. The molecule has 0 aromatic carbocycles. The number of hydrogen-bond donors (Lipinski definition) is 7. The van der Waals surface area contributed by atoms with Crippen LogP contribution in [0.4, 0.5) is 0 Å². The maximum absolute atomic E-state index is 13.1. The van der Waals surface area contributed by atoms with Gasteiger partial charge in [-0.15, -0.1) is 0 Å². The van der Waals surface area contributed by atoms with E-state index in [2.05, 4.69) is 25.9 Å². The smallest absolute Gasteiger partial charge is 0.326 e. The number of carboxylic acids is 1. The molecule has 1 rings (SSSR count). The van der Waals surface area contributed by atoms with Crippen LogP contribution in [0.2, 0.25) is 0 Å². The van der Waals surface area contributed by atoms with E-state index >= 15 is 0 Å². The number of aliphatic carboxylic acids is 1. The second-order valence-corrected chi connectivity index (χ2v) is 9.16. The predicted octanol–water partition coefficient (Wildman–Crippen LogP) is -1.51. The molecule has 14 heteroatoms. The van der Waals surface area contributed by atoms with E-state index in [0.717, 1.165) is 0 Å². The summed E-state index contributed by atoms with van der Waals surface area (Å²) in [6, 6.07) is -4.53. The molecule has 9 N–H and O–H groups in total. The van der Waals surface area contributed by atoms with Gasteiger partial charge >= 0.3 is 5.97 Å². The molecule has 0 saturated heterocycles. The minimum absolute atomic E-state index is 0.192. The van der Waals surface area contributed by atoms with E-state index in [1.54, 1.807) is 20.0 Å². The second-order valence-electron chi connectivity index (χ2n) is 8.17. The summed E-state index contributed by atoms with van der Waals surface area (Å²) in [5.41, 5.74) is 11.7. The van der Waals surface area contributed by atoms with Gasteiger partial charge in [0.25, 0.3) is 0 Å². The maximum Gasteiger partial charge on any atom is 0.326 e. The van der Waals surface area contributed by atoms with Gasteiger partial charge < -0.3 is 37.5 Å². The number of hydrogen-bond acceptors (Lipinski definition) is 8. The van der Waals surface area contributed by atoms with Crippen LogP contribution in [-0.4, -0.2) is 80.8 Å². The summed E-state index contributed by atoms with van der Waals surface area (Å²) in [5.74, 6) is -4.07. The number of carbonyl (C=O) groups is 5. The summed E-state index contributed by atoms with van der Waals surface area (Å²) in [6.45, 7) is 3.51. The number of carboxylic acid groups (broad SMARTS) is 1. The zero-order valence-electron chi connectivity index (χ0n) is 20.1. The second kappa shape index (κ2) is 15.0. The first-order valence-electron chi connectivity index (χ1n) is 11.1. The molecule has 0 bridgehead atoms. The van der Waals surface area contributed by atoms with Gasteiger partial charge in [0.1, 0.15) is 18.1 Å². The molecule has 13 nitrogen and oxygen atoms in total. The van der Waals surface area contributed by atoms with Gasteiger partial charge in [0.15, 0.2) is 0 Å². The molecule has 0 fully saturated rings. The Kier molecular flexibility index (Phi) is 12.8. The summed E-state index contributed by atoms with van der Waals surface area (Å²) in [7, 11) is 0. The van der Waals surface area contributed by atoms with Gasteiger partial charge in [0, 0.05) is 18.3 Å². The fourth-order valence-corrected chi connectivity index (χ4v) is 3.60. The maximum atomic E-state index is 13.1. The van der Waals surface area contributed by atoms with Crippen molar-refractivity contribution in [2.75, 3.05) is 12.0 Å². The van der Waals surface area contributed by atoms with Crippen LogP contribution < -0.4 is 27.4 Å². The third-order valence-corrected chi connectivity index (χ3v) is 6.03. The zero-order chi connectivity index (χ0) is 26.5. The van der Waals surface area contributed by atoms with Gasteiger partial charge in [-0.3, -0.25) is 19.2 Å². The van der Waals surface area contributed by atoms with Crippen LogP contribution in [0.25, 0.3) is 0 Å². The lowest BCUT2D eigenvalue weighted by atomic mass is 9.97. The summed E-state index contributed by atoms with van der Waals surface area (Å²) in [6.07, 6.45) is 5.23. The van der Waals surface area contributed by atoms with Crippen LogP contribution in [0, 0.1) is 5.92 Å². The van der Waals surface area contributed by atoms with E-state index < -0.39 is 60.2 Å². The third kappa shape index (κ3) is 10.3. The average Bonchev–Trinajstić information content (AvgIpc) is 3.31. The molecule has 5 atom stereocenters. The molecule has 1 aromatic rings. The van der Waals surface area contributed by atoms with Crippen molar-refractivity contribution >= 4 is 41.4 Å². The summed E-state index contributed by atoms with van der Waals surface area (Å²) in [4.78, 5) is 67.9. The number of H-pyrrole nitrogens is 1. The van der Waals surface area contributed by atoms with Crippen molar-refractivity contribution in [3.63, 3.8) is 0 Å². The van der Waals surface area contributed by atoms with Crippen LogP contribution in [0.5, 0.6) is 0 Å². The summed E-state index contributed by atoms with van der Waals surface area (Å²) < 4.78 is 0. The van der Waals surface area contributed by atoms with Crippen molar-refractivity contribution in [1.82, 2.24) is 25.9 Å². The number of imidazole rings is 1. The first kappa shape index (κ1) is 29.9. The van der Waals surface area contributed by atoms with E-state index in [0.29, 0.717) is 17.9 Å². The third-order valence-electron chi connectivity index (χ3n) is 5.39. The number of aromatic amines is 1. The fourth-order valence-electron chi connectivity index (χ4n) is 3.13. The van der Waals surface area contributed by atoms with Crippen LogP contribution in [0.15, 0.2) is 12.5 Å². The van der Waals surface area contributed by atoms with Crippen molar-refractivity contribution < 1.29 is 29.1 Å². The number of nitrogens with zero attached hydrogens (tertiary/aromatic N) is 1. The van der Waals surface area contributed by atoms with Crippen molar-refractivity contribution in [2.24, 2.45) is 17.4 Å². The number of aromatic nitrogens is 2. The number of rotatable bonds is 16. The SMILES string of the molecule is CCC(C)C(NC(=O)C(CCSC)NC(=O)C(N)Cc1cnc[nH]1)C(=O)NC(CC(N)=O)C(=O)O. The molecule has 4 amide bonds. The number of amides is 4. The van der Waals surface area contributed by atoms with Gasteiger partial charge in [0.05, 0.1) is 18.8 Å². The normalized spacial score (nSPS) is 15.2. The quantitative estimate of drug-likeness (QED) is 0.136. The van der Waals surface area contributed by atoms with Gasteiger partial charge in [-0.2, -0.15) is 11.8 Å². The Morgan fingerprint density at radius 2 is 1.77 bits per heavy atom. The Morgan fingerprint density at radius 3 is 2.29 bits per heavy atom. The molecular weight excluding hydrogens is 478 g/mol. The molecule has 0 aliphatic rings. The molecule has 1 heterocycles. The van der Waals surface area contributed by atoms with Crippen molar-refractivity contribution in [1.29, 1.82) is 0 Å². The molecule has 5 unspecified atom stereocenters. The van der Waals surface area contributed by atoms with Crippen LogP contribution in [0.3, 0.4) is 0 Å². The van der Waals surface area contributed by atoms with E-state index in [1.165, 1.54) is 18.1 Å². The van der Waals surface area contributed by atoms with Crippen LogP contribution in [-0.2, 0) is 30.4 Å². The Bertz CT molecular complexity index is 866. The monoisotopic (exact) mass is 513 g/mol.